The number of hydrogen-bond acceptors (Lipinski definition) is 4. The molecular formula is C22H23F2N3OS. The van der Waals surface area contributed by atoms with E-state index in [0.717, 1.165) is 41.2 Å². The highest BCUT2D eigenvalue weighted by atomic mass is 32.2. The van der Waals surface area contributed by atoms with E-state index in [9.17, 15) is 8.78 Å². The second kappa shape index (κ2) is 8.95. The predicted octanol–water partition coefficient (Wildman–Crippen LogP) is 6.03. The van der Waals surface area contributed by atoms with Gasteiger partial charge in [-0.3, -0.25) is 4.57 Å². The minimum atomic E-state index is -0.566. The Hall–Kier alpha value is -2.41. The van der Waals surface area contributed by atoms with E-state index < -0.39 is 11.6 Å². The average molecular weight is 416 g/mol. The monoisotopic (exact) mass is 415 g/mol. The maximum Gasteiger partial charge on any atom is 0.192 e. The van der Waals surface area contributed by atoms with Crippen molar-refractivity contribution < 1.29 is 13.5 Å². The zero-order valence-electron chi connectivity index (χ0n) is 16.3. The molecule has 0 saturated heterocycles. The van der Waals surface area contributed by atoms with Crippen LogP contribution in [0.25, 0.3) is 11.4 Å². The van der Waals surface area contributed by atoms with Crippen LogP contribution in [0, 0.1) is 11.6 Å². The molecule has 4 nitrogen and oxygen atoms in total. The van der Waals surface area contributed by atoms with Crippen LogP contribution in [-0.2, 0) is 5.75 Å². The SMILES string of the molecule is COc1ccc(-c2nnc(SCc3ccc(F)cc3F)n2C2CCCCC2)cc1. The summed E-state index contributed by atoms with van der Waals surface area (Å²) in [6, 6.07) is 11.8. The number of hydrogen-bond donors (Lipinski definition) is 0. The van der Waals surface area contributed by atoms with Crippen molar-refractivity contribution in [3.8, 4) is 17.1 Å². The number of aromatic nitrogens is 3. The Kier molecular flexibility index (Phi) is 6.13. The maximum atomic E-state index is 14.0. The smallest absolute Gasteiger partial charge is 0.192 e. The van der Waals surface area contributed by atoms with Crippen molar-refractivity contribution in [2.45, 2.75) is 49.1 Å². The van der Waals surface area contributed by atoms with Gasteiger partial charge in [0.1, 0.15) is 17.4 Å². The number of thioether (sulfide) groups is 1. The fraction of sp³-hybridized carbons (Fsp3) is 0.364. The molecule has 29 heavy (non-hydrogen) atoms. The van der Waals surface area contributed by atoms with E-state index in [1.54, 1.807) is 7.11 Å². The fourth-order valence-electron chi connectivity index (χ4n) is 3.76. The Bertz CT molecular complexity index is 969. The molecular weight excluding hydrogens is 392 g/mol. The van der Waals surface area contributed by atoms with E-state index in [1.807, 2.05) is 24.3 Å². The van der Waals surface area contributed by atoms with Gasteiger partial charge in [0.05, 0.1) is 7.11 Å². The Morgan fingerprint density at radius 3 is 2.48 bits per heavy atom. The molecule has 3 aromatic rings. The molecule has 0 spiro atoms. The van der Waals surface area contributed by atoms with Gasteiger partial charge in [-0.1, -0.05) is 37.1 Å². The summed E-state index contributed by atoms with van der Waals surface area (Å²) in [5, 5.41) is 9.65. The molecule has 1 aliphatic rings. The molecule has 0 bridgehead atoms. The van der Waals surface area contributed by atoms with Crippen LogP contribution in [0.5, 0.6) is 5.75 Å². The van der Waals surface area contributed by atoms with Crippen LogP contribution in [0.1, 0.15) is 43.7 Å². The zero-order valence-corrected chi connectivity index (χ0v) is 17.1. The molecule has 2 aromatic carbocycles. The molecule has 152 valence electrons. The van der Waals surface area contributed by atoms with E-state index in [-0.39, 0.29) is 0 Å². The van der Waals surface area contributed by atoms with Gasteiger partial charge in [-0.15, -0.1) is 10.2 Å². The van der Waals surface area contributed by atoms with Crippen molar-refractivity contribution in [3.05, 3.63) is 59.7 Å². The third-order valence-electron chi connectivity index (χ3n) is 5.32. The Morgan fingerprint density at radius 1 is 1.03 bits per heavy atom. The molecule has 7 heteroatoms. The molecule has 0 aliphatic heterocycles. The molecule has 1 fully saturated rings. The maximum absolute atomic E-state index is 14.0. The van der Waals surface area contributed by atoms with E-state index in [1.165, 1.54) is 43.2 Å². The van der Waals surface area contributed by atoms with Crippen LogP contribution in [-0.4, -0.2) is 21.9 Å². The summed E-state index contributed by atoms with van der Waals surface area (Å²) >= 11 is 1.44. The lowest BCUT2D eigenvalue weighted by Crippen LogP contribution is -2.15. The number of rotatable bonds is 6. The van der Waals surface area contributed by atoms with Crippen molar-refractivity contribution in [2.75, 3.05) is 7.11 Å². The van der Waals surface area contributed by atoms with Gasteiger partial charge in [0.2, 0.25) is 0 Å². The minimum Gasteiger partial charge on any atom is -0.497 e. The standard InChI is InChI=1S/C22H23F2N3OS/c1-28-19-11-8-15(9-12-19)21-25-26-22(27(21)18-5-3-2-4-6-18)29-14-16-7-10-17(23)13-20(16)24/h7-13,18H,2-6,14H2,1H3. The molecule has 0 amide bonds. The van der Waals surface area contributed by atoms with E-state index in [4.69, 9.17) is 4.74 Å². The number of halogens is 2. The average Bonchev–Trinajstić information content (AvgIpc) is 3.18. The molecule has 1 saturated carbocycles. The number of ether oxygens (including phenoxy) is 1. The van der Waals surface area contributed by atoms with Gasteiger partial charge in [-0.25, -0.2) is 8.78 Å². The van der Waals surface area contributed by atoms with Crippen molar-refractivity contribution in [1.29, 1.82) is 0 Å². The van der Waals surface area contributed by atoms with Crippen molar-refractivity contribution in [1.82, 2.24) is 14.8 Å². The highest BCUT2D eigenvalue weighted by Gasteiger charge is 2.24. The Labute approximate surface area is 173 Å². The normalized spacial score (nSPS) is 14.9. The van der Waals surface area contributed by atoms with Crippen LogP contribution in [0.3, 0.4) is 0 Å². The van der Waals surface area contributed by atoms with E-state index in [2.05, 4.69) is 14.8 Å². The molecule has 1 aliphatic carbocycles. The van der Waals surface area contributed by atoms with Gasteiger partial charge in [0, 0.05) is 23.4 Å². The van der Waals surface area contributed by atoms with Crippen molar-refractivity contribution >= 4 is 11.8 Å². The summed E-state index contributed by atoms with van der Waals surface area (Å²) in [5.41, 5.74) is 1.43. The van der Waals surface area contributed by atoms with Crippen LogP contribution < -0.4 is 4.74 Å². The van der Waals surface area contributed by atoms with Gasteiger partial charge in [0.15, 0.2) is 11.0 Å². The molecule has 0 unspecified atom stereocenters. The lowest BCUT2D eigenvalue weighted by Gasteiger charge is -2.25. The van der Waals surface area contributed by atoms with E-state index in [0.29, 0.717) is 17.4 Å². The van der Waals surface area contributed by atoms with Crippen LogP contribution in [0.15, 0.2) is 47.6 Å². The van der Waals surface area contributed by atoms with Crippen LogP contribution in [0.2, 0.25) is 0 Å². The van der Waals surface area contributed by atoms with Crippen LogP contribution >= 0.6 is 11.8 Å². The van der Waals surface area contributed by atoms with Gasteiger partial charge in [-0.2, -0.15) is 0 Å². The molecule has 0 N–H and O–H groups in total. The predicted molar refractivity (Wildman–Crippen MR) is 110 cm³/mol. The third-order valence-corrected chi connectivity index (χ3v) is 6.32. The topological polar surface area (TPSA) is 39.9 Å². The van der Waals surface area contributed by atoms with Gasteiger partial charge in [-0.05, 0) is 48.7 Å². The molecule has 0 atom stereocenters. The number of benzene rings is 2. The Balaban J connectivity index is 1.64. The largest absolute Gasteiger partial charge is 0.497 e. The van der Waals surface area contributed by atoms with Crippen molar-refractivity contribution in [2.24, 2.45) is 0 Å². The first-order chi connectivity index (χ1) is 14.2. The second-order valence-corrected chi connectivity index (χ2v) is 8.16. The second-order valence-electron chi connectivity index (χ2n) is 7.22. The number of nitrogens with zero attached hydrogens (tertiary/aromatic N) is 3. The summed E-state index contributed by atoms with van der Waals surface area (Å²) in [6.07, 6.45) is 5.78. The zero-order chi connectivity index (χ0) is 20.2. The lowest BCUT2D eigenvalue weighted by molar-refractivity contribution is 0.339. The number of methoxy groups -OCH3 is 1. The summed E-state index contributed by atoms with van der Waals surface area (Å²) < 4.78 is 34.7. The van der Waals surface area contributed by atoms with Gasteiger partial charge in [0.25, 0.3) is 0 Å². The fourth-order valence-corrected chi connectivity index (χ4v) is 4.75. The molecule has 1 aromatic heterocycles. The Morgan fingerprint density at radius 2 is 1.79 bits per heavy atom. The highest BCUT2D eigenvalue weighted by molar-refractivity contribution is 7.98. The quantitative estimate of drug-likeness (QED) is 0.461. The van der Waals surface area contributed by atoms with Crippen LogP contribution in [0.4, 0.5) is 8.78 Å². The molecule has 4 rings (SSSR count). The molecule has 1 heterocycles. The summed E-state index contributed by atoms with van der Waals surface area (Å²) in [4.78, 5) is 0. The molecule has 0 radical (unpaired) electrons. The first-order valence-corrected chi connectivity index (χ1v) is 10.8. The summed E-state index contributed by atoms with van der Waals surface area (Å²) in [6.45, 7) is 0. The first kappa shape index (κ1) is 19.9. The lowest BCUT2D eigenvalue weighted by atomic mass is 9.95. The van der Waals surface area contributed by atoms with Gasteiger partial charge < -0.3 is 4.74 Å². The van der Waals surface area contributed by atoms with E-state index >= 15 is 0 Å². The summed E-state index contributed by atoms with van der Waals surface area (Å²) in [5.74, 6) is 0.889. The highest BCUT2D eigenvalue weighted by Crippen LogP contribution is 2.36. The third kappa shape index (κ3) is 4.45. The van der Waals surface area contributed by atoms with Crippen molar-refractivity contribution in [3.63, 3.8) is 0 Å². The van der Waals surface area contributed by atoms with Gasteiger partial charge >= 0.3 is 0 Å². The minimum absolute atomic E-state index is 0.330. The first-order valence-electron chi connectivity index (χ1n) is 9.82. The summed E-state index contributed by atoms with van der Waals surface area (Å²) in [7, 11) is 1.64.